The van der Waals surface area contributed by atoms with Gasteiger partial charge < -0.3 is 10.0 Å². The van der Waals surface area contributed by atoms with E-state index in [0.29, 0.717) is 4.88 Å². The van der Waals surface area contributed by atoms with Gasteiger partial charge in [-0.2, -0.15) is 4.39 Å². The number of sulfone groups is 1. The van der Waals surface area contributed by atoms with Crippen LogP contribution in [0.1, 0.15) is 25.6 Å². The molecule has 0 spiro atoms. The molecule has 2 aromatic heterocycles. The molecule has 0 radical (unpaired) electrons. The highest BCUT2D eigenvalue weighted by Gasteiger charge is 2.28. The Labute approximate surface area is 184 Å². The Morgan fingerprint density at radius 1 is 1.13 bits per heavy atom. The third kappa shape index (κ3) is 5.29. The molecule has 0 bridgehead atoms. The van der Waals surface area contributed by atoms with E-state index in [0.717, 1.165) is 11.3 Å². The molecule has 0 aliphatic rings. The molecular weight excluding hydrogens is 439 g/mol. The number of amides is 1. The largest absolute Gasteiger partial charge is 0.465 e. The van der Waals surface area contributed by atoms with Crippen LogP contribution < -0.4 is 0 Å². The fraction of sp³-hybridized carbons (Fsp3) is 0.273. The summed E-state index contributed by atoms with van der Waals surface area (Å²) >= 11 is 0.949. The number of aromatic nitrogens is 1. The number of hydrogen-bond acceptors (Lipinski definition) is 5. The Kier molecular flexibility index (Phi) is 6.47. The average molecular weight is 463 g/mol. The summed E-state index contributed by atoms with van der Waals surface area (Å²) in [6.07, 6.45) is 0.178. The van der Waals surface area contributed by atoms with E-state index in [1.807, 2.05) is 20.8 Å². The van der Waals surface area contributed by atoms with Crippen LogP contribution >= 0.6 is 11.3 Å². The normalized spacial score (nSPS) is 12.0. The summed E-state index contributed by atoms with van der Waals surface area (Å²) in [5.41, 5.74) is -0.0554. The van der Waals surface area contributed by atoms with Crippen LogP contribution in [-0.2, 0) is 16.4 Å². The lowest BCUT2D eigenvalue weighted by atomic mass is 9.96. The van der Waals surface area contributed by atoms with E-state index < -0.39 is 21.9 Å². The predicted molar refractivity (Wildman–Crippen MR) is 117 cm³/mol. The van der Waals surface area contributed by atoms with Crippen molar-refractivity contribution in [1.29, 1.82) is 0 Å². The first-order valence-corrected chi connectivity index (χ1v) is 11.8. The molecule has 1 aromatic carbocycles. The molecule has 164 valence electrons. The van der Waals surface area contributed by atoms with E-state index in [1.165, 1.54) is 35.4 Å². The van der Waals surface area contributed by atoms with Crippen molar-refractivity contribution in [3.63, 3.8) is 0 Å². The van der Waals surface area contributed by atoms with Gasteiger partial charge in [0.25, 0.3) is 0 Å². The van der Waals surface area contributed by atoms with Gasteiger partial charge in [0.05, 0.1) is 11.4 Å². The zero-order valence-electron chi connectivity index (χ0n) is 17.4. The van der Waals surface area contributed by atoms with Crippen LogP contribution in [0.15, 0.2) is 63.8 Å². The highest BCUT2D eigenvalue weighted by molar-refractivity contribution is 7.93. The van der Waals surface area contributed by atoms with Crippen molar-refractivity contribution in [3.8, 4) is 11.1 Å². The summed E-state index contributed by atoms with van der Waals surface area (Å²) in [6.45, 7) is 6.01. The summed E-state index contributed by atoms with van der Waals surface area (Å²) in [6, 6.07) is 12.4. The van der Waals surface area contributed by atoms with E-state index in [4.69, 9.17) is 0 Å². The topological polar surface area (TPSA) is 87.6 Å². The Balaban J connectivity index is 2.13. The number of rotatable bonds is 6. The molecule has 0 saturated heterocycles. The van der Waals surface area contributed by atoms with Crippen LogP contribution in [0.4, 0.5) is 9.18 Å². The molecule has 9 heteroatoms. The third-order valence-corrected chi connectivity index (χ3v) is 7.80. The van der Waals surface area contributed by atoms with Crippen LogP contribution in [0.25, 0.3) is 11.1 Å². The standard InChI is InChI=1S/C22H23FN2O4S2/c1-22(2,3)14-25(21(26)27)13-15-12-18(17-10-7-11-24-19(17)23)20(30-15)31(28,29)16-8-5-4-6-9-16/h4-12H,13-14H2,1-3H3,(H,26,27). The molecule has 1 N–H and O–H groups in total. The van der Waals surface area contributed by atoms with Gasteiger partial charge >= 0.3 is 6.09 Å². The molecule has 6 nitrogen and oxygen atoms in total. The van der Waals surface area contributed by atoms with Crippen molar-refractivity contribution in [2.24, 2.45) is 5.41 Å². The molecular formula is C22H23FN2O4S2. The molecule has 0 saturated carbocycles. The van der Waals surface area contributed by atoms with Crippen molar-refractivity contribution in [1.82, 2.24) is 9.88 Å². The van der Waals surface area contributed by atoms with Gasteiger partial charge in [-0.1, -0.05) is 39.0 Å². The van der Waals surface area contributed by atoms with Crippen molar-refractivity contribution < 1.29 is 22.7 Å². The molecule has 31 heavy (non-hydrogen) atoms. The van der Waals surface area contributed by atoms with Crippen LogP contribution in [0, 0.1) is 11.4 Å². The van der Waals surface area contributed by atoms with Gasteiger partial charge in [-0.25, -0.2) is 18.2 Å². The molecule has 3 rings (SSSR count). The zero-order valence-corrected chi connectivity index (χ0v) is 19.0. The number of nitrogens with zero attached hydrogens (tertiary/aromatic N) is 2. The van der Waals surface area contributed by atoms with Crippen molar-refractivity contribution in [2.75, 3.05) is 6.54 Å². The summed E-state index contributed by atoms with van der Waals surface area (Å²) in [5.74, 6) is -0.791. The quantitative estimate of drug-likeness (QED) is 0.502. The van der Waals surface area contributed by atoms with E-state index in [-0.39, 0.29) is 38.7 Å². The minimum Gasteiger partial charge on any atom is -0.465 e. The summed E-state index contributed by atoms with van der Waals surface area (Å²) in [7, 11) is -3.95. The Hall–Kier alpha value is -2.78. The minimum absolute atomic E-state index is 0.00351. The minimum atomic E-state index is -3.95. The molecule has 0 unspecified atom stereocenters. The first-order valence-electron chi connectivity index (χ1n) is 9.50. The summed E-state index contributed by atoms with van der Waals surface area (Å²) in [4.78, 5) is 17.2. The van der Waals surface area contributed by atoms with E-state index >= 15 is 0 Å². The first-order chi connectivity index (χ1) is 14.5. The van der Waals surface area contributed by atoms with E-state index in [2.05, 4.69) is 4.98 Å². The second kappa shape index (κ2) is 8.76. The van der Waals surface area contributed by atoms with Crippen LogP contribution in [0.2, 0.25) is 0 Å². The number of carboxylic acid groups (broad SMARTS) is 1. The maximum Gasteiger partial charge on any atom is 0.407 e. The second-order valence-corrected chi connectivity index (χ2v) is 11.6. The molecule has 1 amide bonds. The van der Waals surface area contributed by atoms with Crippen molar-refractivity contribution >= 4 is 27.3 Å². The lowest BCUT2D eigenvalue weighted by molar-refractivity contribution is 0.123. The monoisotopic (exact) mass is 462 g/mol. The Morgan fingerprint density at radius 2 is 1.81 bits per heavy atom. The first kappa shape index (κ1) is 22.9. The fourth-order valence-corrected chi connectivity index (χ4v) is 6.28. The number of benzene rings is 1. The number of halogens is 1. The average Bonchev–Trinajstić information content (AvgIpc) is 3.12. The lowest BCUT2D eigenvalue weighted by Gasteiger charge is -2.27. The van der Waals surface area contributed by atoms with Crippen molar-refractivity contribution in [3.05, 3.63) is 65.6 Å². The van der Waals surface area contributed by atoms with Crippen LogP contribution in [-0.4, -0.2) is 36.0 Å². The maximum atomic E-state index is 14.5. The van der Waals surface area contributed by atoms with Gasteiger partial charge in [-0.15, -0.1) is 11.3 Å². The lowest BCUT2D eigenvalue weighted by Crippen LogP contribution is -2.36. The Morgan fingerprint density at radius 3 is 2.39 bits per heavy atom. The molecule has 0 aliphatic carbocycles. The molecule has 0 fully saturated rings. The summed E-state index contributed by atoms with van der Waals surface area (Å²) in [5, 5.41) is 9.62. The predicted octanol–water partition coefficient (Wildman–Crippen LogP) is 5.31. The van der Waals surface area contributed by atoms with Gasteiger partial charge in [0.2, 0.25) is 15.8 Å². The number of hydrogen-bond donors (Lipinski definition) is 1. The molecule has 2 heterocycles. The van der Waals surface area contributed by atoms with E-state index in [1.54, 1.807) is 24.3 Å². The van der Waals surface area contributed by atoms with Crippen molar-refractivity contribution in [2.45, 2.75) is 36.4 Å². The molecule has 0 atom stereocenters. The molecule has 0 aliphatic heterocycles. The highest BCUT2D eigenvalue weighted by Crippen LogP contribution is 2.39. The van der Waals surface area contributed by atoms with Gasteiger partial charge in [-0.05, 0) is 35.7 Å². The van der Waals surface area contributed by atoms with Crippen LogP contribution in [0.5, 0.6) is 0 Å². The van der Waals surface area contributed by atoms with Gasteiger partial charge in [0.1, 0.15) is 4.21 Å². The van der Waals surface area contributed by atoms with Gasteiger partial charge in [0.15, 0.2) is 0 Å². The van der Waals surface area contributed by atoms with E-state index in [9.17, 15) is 22.7 Å². The number of carbonyl (C=O) groups is 1. The van der Waals surface area contributed by atoms with Gasteiger partial charge in [0, 0.05) is 28.7 Å². The zero-order chi connectivity index (χ0) is 22.8. The van der Waals surface area contributed by atoms with Crippen LogP contribution in [0.3, 0.4) is 0 Å². The molecule has 3 aromatic rings. The third-order valence-electron chi connectivity index (χ3n) is 4.38. The summed E-state index contributed by atoms with van der Waals surface area (Å²) < 4.78 is 41.1. The number of thiophene rings is 1. The smallest absolute Gasteiger partial charge is 0.407 e. The second-order valence-electron chi connectivity index (χ2n) is 8.27. The SMILES string of the molecule is CC(C)(C)CN(Cc1cc(-c2cccnc2F)c(S(=O)(=O)c2ccccc2)s1)C(=O)O. The maximum absolute atomic E-state index is 14.5. The number of pyridine rings is 1. The Bertz CT molecular complexity index is 1190. The highest BCUT2D eigenvalue weighted by atomic mass is 32.2. The van der Waals surface area contributed by atoms with Gasteiger partial charge in [-0.3, -0.25) is 0 Å². The fourth-order valence-electron chi connectivity index (χ4n) is 3.13.